The van der Waals surface area contributed by atoms with E-state index in [0.29, 0.717) is 33.7 Å². The largest absolute Gasteiger partial charge is 0.326 e. The van der Waals surface area contributed by atoms with Gasteiger partial charge in [0, 0.05) is 32.8 Å². The van der Waals surface area contributed by atoms with E-state index in [0.717, 1.165) is 5.56 Å². The van der Waals surface area contributed by atoms with Gasteiger partial charge in [0.2, 0.25) is 5.91 Å². The van der Waals surface area contributed by atoms with E-state index in [2.05, 4.69) is 15.7 Å². The molecule has 156 valence electrons. The summed E-state index contributed by atoms with van der Waals surface area (Å²) >= 11 is 12.2. The first kappa shape index (κ1) is 21.9. The number of halogens is 2. The van der Waals surface area contributed by atoms with E-state index in [1.807, 2.05) is 26.8 Å². The second-order valence-corrected chi connectivity index (χ2v) is 8.69. The van der Waals surface area contributed by atoms with Gasteiger partial charge in [-0.05, 0) is 35.9 Å². The van der Waals surface area contributed by atoms with Crippen molar-refractivity contribution in [3.8, 4) is 0 Å². The topological polar surface area (TPSA) is 76.0 Å². The molecule has 30 heavy (non-hydrogen) atoms. The van der Waals surface area contributed by atoms with Gasteiger partial charge in [-0.3, -0.25) is 9.59 Å². The molecule has 2 amide bonds. The smallest absolute Gasteiger partial charge is 0.256 e. The highest BCUT2D eigenvalue weighted by Gasteiger charge is 2.21. The van der Waals surface area contributed by atoms with Crippen LogP contribution < -0.4 is 10.6 Å². The Kier molecular flexibility index (Phi) is 6.48. The fraction of sp³-hybridized carbons (Fsp3) is 0.227. The molecule has 0 unspecified atom stereocenters. The molecule has 3 rings (SSSR count). The lowest BCUT2D eigenvalue weighted by molar-refractivity contribution is -0.123. The first-order valence-electron chi connectivity index (χ1n) is 9.32. The van der Waals surface area contributed by atoms with E-state index in [4.69, 9.17) is 23.2 Å². The molecule has 2 aromatic carbocycles. The van der Waals surface area contributed by atoms with Crippen molar-refractivity contribution < 1.29 is 9.59 Å². The van der Waals surface area contributed by atoms with Gasteiger partial charge < -0.3 is 10.6 Å². The average Bonchev–Trinajstić information content (AvgIpc) is 3.10. The molecule has 0 aliphatic heterocycles. The molecule has 0 aliphatic carbocycles. The summed E-state index contributed by atoms with van der Waals surface area (Å²) in [5.41, 5.74) is 1.27. The highest BCUT2D eigenvalue weighted by Crippen LogP contribution is 2.23. The van der Waals surface area contributed by atoms with E-state index in [9.17, 15) is 9.59 Å². The average molecular weight is 445 g/mol. The van der Waals surface area contributed by atoms with Crippen LogP contribution in [0.4, 0.5) is 11.5 Å². The van der Waals surface area contributed by atoms with Gasteiger partial charge in [0.05, 0.1) is 12.7 Å². The maximum Gasteiger partial charge on any atom is 0.256 e. The summed E-state index contributed by atoms with van der Waals surface area (Å²) < 4.78 is 1.64. The lowest BCUT2D eigenvalue weighted by atomic mass is 9.95. The minimum atomic E-state index is -0.534. The molecule has 2 N–H and O–H groups in total. The summed E-state index contributed by atoms with van der Waals surface area (Å²) in [7, 11) is 0. The molecule has 0 spiro atoms. The van der Waals surface area contributed by atoms with Crippen LogP contribution in [0.15, 0.2) is 54.7 Å². The highest BCUT2D eigenvalue weighted by molar-refractivity contribution is 6.35. The van der Waals surface area contributed by atoms with Crippen molar-refractivity contribution in [2.75, 3.05) is 10.6 Å². The van der Waals surface area contributed by atoms with Crippen molar-refractivity contribution in [2.45, 2.75) is 27.3 Å². The van der Waals surface area contributed by atoms with Gasteiger partial charge in [0.25, 0.3) is 5.91 Å². The molecule has 1 aromatic heterocycles. The quantitative estimate of drug-likeness (QED) is 0.547. The normalized spacial score (nSPS) is 11.2. The number of hydrogen-bond donors (Lipinski definition) is 2. The fourth-order valence-electron chi connectivity index (χ4n) is 2.62. The maximum atomic E-state index is 12.8. The van der Waals surface area contributed by atoms with Gasteiger partial charge in [0.1, 0.15) is 5.82 Å². The van der Waals surface area contributed by atoms with E-state index in [1.165, 1.54) is 0 Å². The van der Waals surface area contributed by atoms with Gasteiger partial charge >= 0.3 is 0 Å². The Balaban J connectivity index is 1.74. The van der Waals surface area contributed by atoms with Crippen molar-refractivity contribution in [1.29, 1.82) is 0 Å². The summed E-state index contributed by atoms with van der Waals surface area (Å²) in [6.45, 7) is 5.85. The Morgan fingerprint density at radius 3 is 2.50 bits per heavy atom. The summed E-state index contributed by atoms with van der Waals surface area (Å²) in [6.07, 6.45) is 1.60. The molecule has 3 aromatic rings. The standard InChI is InChI=1S/C22H22Cl2N4O2/c1-22(2,3)21(30)26-17-6-4-5-14(11-17)20(29)27-19-9-10-25-28(19)13-15-7-8-16(23)12-18(15)24/h4-12H,13H2,1-3H3,(H,26,30)(H,27,29). The minimum absolute atomic E-state index is 0.127. The number of hydrogen-bond acceptors (Lipinski definition) is 3. The van der Waals surface area contributed by atoms with Gasteiger partial charge in [-0.25, -0.2) is 4.68 Å². The molecule has 0 atom stereocenters. The van der Waals surface area contributed by atoms with Crippen LogP contribution in [0.5, 0.6) is 0 Å². The summed E-state index contributed by atoms with van der Waals surface area (Å²) in [5.74, 6) is 0.0823. The SMILES string of the molecule is CC(C)(C)C(=O)Nc1cccc(C(=O)Nc2ccnn2Cc2ccc(Cl)cc2Cl)c1. The Morgan fingerprint density at radius 1 is 1.03 bits per heavy atom. The number of aromatic nitrogens is 2. The van der Waals surface area contributed by atoms with Gasteiger partial charge in [-0.1, -0.05) is 56.1 Å². The van der Waals surface area contributed by atoms with E-state index >= 15 is 0 Å². The Morgan fingerprint density at radius 2 is 1.80 bits per heavy atom. The second kappa shape index (κ2) is 8.90. The molecule has 0 radical (unpaired) electrons. The van der Waals surface area contributed by atoms with Crippen LogP contribution in [-0.4, -0.2) is 21.6 Å². The molecule has 6 nitrogen and oxygen atoms in total. The first-order chi connectivity index (χ1) is 14.1. The summed E-state index contributed by atoms with van der Waals surface area (Å²) in [4.78, 5) is 25.0. The summed E-state index contributed by atoms with van der Waals surface area (Å²) in [5, 5.41) is 11.0. The van der Waals surface area contributed by atoms with Crippen LogP contribution >= 0.6 is 23.2 Å². The van der Waals surface area contributed by atoms with E-state index < -0.39 is 5.41 Å². The van der Waals surface area contributed by atoms with Crippen molar-refractivity contribution in [3.63, 3.8) is 0 Å². The predicted octanol–water partition coefficient (Wildman–Crippen LogP) is 5.48. The molecule has 1 heterocycles. The molecule has 0 saturated carbocycles. The van der Waals surface area contributed by atoms with Crippen LogP contribution in [-0.2, 0) is 11.3 Å². The van der Waals surface area contributed by atoms with Crippen LogP contribution in [0.2, 0.25) is 10.0 Å². The van der Waals surface area contributed by atoms with Crippen LogP contribution in [0.25, 0.3) is 0 Å². The van der Waals surface area contributed by atoms with Gasteiger partial charge in [-0.15, -0.1) is 0 Å². The maximum absolute atomic E-state index is 12.8. The number of benzene rings is 2. The minimum Gasteiger partial charge on any atom is -0.326 e. The zero-order chi connectivity index (χ0) is 21.9. The zero-order valence-electron chi connectivity index (χ0n) is 16.9. The van der Waals surface area contributed by atoms with Crippen LogP contribution in [0.3, 0.4) is 0 Å². The van der Waals surface area contributed by atoms with Crippen molar-refractivity contribution in [1.82, 2.24) is 9.78 Å². The fourth-order valence-corrected chi connectivity index (χ4v) is 3.09. The molecular formula is C22H22Cl2N4O2. The molecule has 8 heteroatoms. The predicted molar refractivity (Wildman–Crippen MR) is 120 cm³/mol. The first-order valence-corrected chi connectivity index (χ1v) is 10.1. The molecule has 0 bridgehead atoms. The van der Waals surface area contributed by atoms with Gasteiger partial charge in [-0.2, -0.15) is 5.10 Å². The molecule has 0 aliphatic rings. The number of anilines is 2. The monoisotopic (exact) mass is 444 g/mol. The third-order valence-corrected chi connectivity index (χ3v) is 4.94. The Labute approximate surface area is 185 Å². The van der Waals surface area contributed by atoms with Crippen LogP contribution in [0, 0.1) is 5.41 Å². The van der Waals surface area contributed by atoms with Gasteiger partial charge in [0.15, 0.2) is 0 Å². The van der Waals surface area contributed by atoms with Crippen molar-refractivity contribution in [2.24, 2.45) is 5.41 Å². The number of amides is 2. The molecule has 0 fully saturated rings. The van der Waals surface area contributed by atoms with E-state index in [1.54, 1.807) is 53.3 Å². The number of rotatable bonds is 5. The third kappa shape index (κ3) is 5.40. The lowest BCUT2D eigenvalue weighted by Gasteiger charge is -2.18. The zero-order valence-corrected chi connectivity index (χ0v) is 18.4. The number of nitrogens with one attached hydrogen (secondary N) is 2. The molecule has 0 saturated heterocycles. The summed E-state index contributed by atoms with van der Waals surface area (Å²) in [6, 6.07) is 13.7. The van der Waals surface area contributed by atoms with Crippen molar-refractivity contribution in [3.05, 3.63) is 75.9 Å². The Hall–Kier alpha value is -2.83. The number of nitrogens with zero attached hydrogens (tertiary/aromatic N) is 2. The highest BCUT2D eigenvalue weighted by atomic mass is 35.5. The Bertz CT molecular complexity index is 1090. The van der Waals surface area contributed by atoms with Crippen molar-refractivity contribution >= 4 is 46.5 Å². The number of carbonyl (C=O) groups excluding carboxylic acids is 2. The third-order valence-electron chi connectivity index (χ3n) is 4.36. The second-order valence-electron chi connectivity index (χ2n) is 7.85. The lowest BCUT2D eigenvalue weighted by Crippen LogP contribution is -2.27. The van der Waals surface area contributed by atoms with E-state index in [-0.39, 0.29) is 11.8 Å². The molecular weight excluding hydrogens is 423 g/mol. The van der Waals surface area contributed by atoms with Crippen LogP contribution in [0.1, 0.15) is 36.7 Å². The number of carbonyl (C=O) groups is 2.